The van der Waals surface area contributed by atoms with Gasteiger partial charge < -0.3 is 14.6 Å². The molecule has 0 atom stereocenters. The SMILES string of the molecule is Cc1ccc(C)c(OCC(=O)NCc2nnc3n2CCC3)c1C. The van der Waals surface area contributed by atoms with Crippen molar-refractivity contribution in [3.8, 4) is 5.75 Å². The van der Waals surface area contributed by atoms with Gasteiger partial charge in [-0.3, -0.25) is 4.79 Å². The van der Waals surface area contributed by atoms with Crippen LogP contribution in [0.5, 0.6) is 5.75 Å². The predicted octanol–water partition coefficient (Wildman–Crippen LogP) is 1.84. The molecule has 0 unspecified atom stereocenters. The van der Waals surface area contributed by atoms with Gasteiger partial charge in [-0.2, -0.15) is 0 Å². The number of aryl methyl sites for hydroxylation is 3. The summed E-state index contributed by atoms with van der Waals surface area (Å²) in [6.07, 6.45) is 2.07. The zero-order chi connectivity index (χ0) is 16.4. The summed E-state index contributed by atoms with van der Waals surface area (Å²) >= 11 is 0. The quantitative estimate of drug-likeness (QED) is 0.914. The Kier molecular flexibility index (Phi) is 4.32. The first kappa shape index (κ1) is 15.5. The molecule has 0 radical (unpaired) electrons. The van der Waals surface area contributed by atoms with E-state index in [0.717, 1.165) is 53.5 Å². The Hall–Kier alpha value is -2.37. The van der Waals surface area contributed by atoms with Gasteiger partial charge in [0.05, 0.1) is 6.54 Å². The molecule has 1 aliphatic rings. The van der Waals surface area contributed by atoms with Gasteiger partial charge in [0.15, 0.2) is 12.4 Å². The van der Waals surface area contributed by atoms with Crippen LogP contribution in [0.3, 0.4) is 0 Å². The molecule has 2 aromatic rings. The average molecular weight is 314 g/mol. The minimum Gasteiger partial charge on any atom is -0.483 e. The Morgan fingerprint density at radius 3 is 2.87 bits per heavy atom. The van der Waals surface area contributed by atoms with Crippen molar-refractivity contribution in [3.05, 3.63) is 40.5 Å². The molecule has 6 nitrogen and oxygen atoms in total. The lowest BCUT2D eigenvalue weighted by Crippen LogP contribution is -2.29. The summed E-state index contributed by atoms with van der Waals surface area (Å²) < 4.78 is 7.80. The van der Waals surface area contributed by atoms with Crippen LogP contribution in [-0.4, -0.2) is 27.3 Å². The van der Waals surface area contributed by atoms with Crippen LogP contribution in [0.4, 0.5) is 0 Å². The third-order valence-corrected chi connectivity index (χ3v) is 4.35. The van der Waals surface area contributed by atoms with E-state index in [1.807, 2.05) is 26.8 Å². The summed E-state index contributed by atoms with van der Waals surface area (Å²) in [7, 11) is 0. The van der Waals surface area contributed by atoms with E-state index in [-0.39, 0.29) is 12.5 Å². The first-order valence-electron chi connectivity index (χ1n) is 7.93. The van der Waals surface area contributed by atoms with Gasteiger partial charge in [-0.15, -0.1) is 10.2 Å². The molecule has 0 bridgehead atoms. The number of nitrogens with zero attached hydrogens (tertiary/aromatic N) is 3. The van der Waals surface area contributed by atoms with Crippen LogP contribution in [0, 0.1) is 20.8 Å². The van der Waals surface area contributed by atoms with Gasteiger partial charge in [0.2, 0.25) is 0 Å². The lowest BCUT2D eigenvalue weighted by Gasteiger charge is -2.13. The summed E-state index contributed by atoms with van der Waals surface area (Å²) in [6.45, 7) is 7.36. The van der Waals surface area contributed by atoms with Crippen molar-refractivity contribution in [1.82, 2.24) is 20.1 Å². The number of hydrogen-bond acceptors (Lipinski definition) is 4. The molecule has 0 saturated heterocycles. The summed E-state index contributed by atoms with van der Waals surface area (Å²) in [5.74, 6) is 2.47. The zero-order valence-electron chi connectivity index (χ0n) is 13.8. The van der Waals surface area contributed by atoms with Crippen molar-refractivity contribution >= 4 is 5.91 Å². The number of ether oxygens (including phenoxy) is 1. The van der Waals surface area contributed by atoms with Crippen molar-refractivity contribution in [1.29, 1.82) is 0 Å². The van der Waals surface area contributed by atoms with Crippen LogP contribution in [0.1, 0.15) is 34.8 Å². The molecule has 1 N–H and O–H groups in total. The Morgan fingerprint density at radius 2 is 2.04 bits per heavy atom. The van der Waals surface area contributed by atoms with Crippen LogP contribution in [0.15, 0.2) is 12.1 Å². The molecule has 0 spiro atoms. The number of fused-ring (bicyclic) bond motifs is 1. The largest absolute Gasteiger partial charge is 0.483 e. The summed E-state index contributed by atoms with van der Waals surface area (Å²) in [4.78, 5) is 12.0. The summed E-state index contributed by atoms with van der Waals surface area (Å²) in [6, 6.07) is 4.07. The van der Waals surface area contributed by atoms with E-state index in [9.17, 15) is 4.79 Å². The molecule has 1 aliphatic heterocycles. The minimum atomic E-state index is -0.152. The number of amides is 1. The molecule has 0 fully saturated rings. The van der Waals surface area contributed by atoms with Gasteiger partial charge >= 0.3 is 0 Å². The van der Waals surface area contributed by atoms with Gasteiger partial charge in [-0.05, 0) is 43.9 Å². The summed E-state index contributed by atoms with van der Waals surface area (Å²) in [5, 5.41) is 11.1. The first-order chi connectivity index (χ1) is 11.1. The number of aromatic nitrogens is 3. The van der Waals surface area contributed by atoms with Crippen LogP contribution in [0.25, 0.3) is 0 Å². The maximum atomic E-state index is 12.0. The fraction of sp³-hybridized carbons (Fsp3) is 0.471. The molecule has 2 heterocycles. The van der Waals surface area contributed by atoms with E-state index in [0.29, 0.717) is 6.54 Å². The standard InChI is InChI=1S/C17H22N4O2/c1-11-6-7-12(2)17(13(11)3)23-10-16(22)18-9-15-20-19-14-5-4-8-21(14)15/h6-7H,4-5,8-10H2,1-3H3,(H,18,22). The molecule has 122 valence electrons. The second-order valence-electron chi connectivity index (χ2n) is 6.01. The Balaban J connectivity index is 1.55. The number of hydrogen-bond donors (Lipinski definition) is 1. The lowest BCUT2D eigenvalue weighted by molar-refractivity contribution is -0.123. The molecule has 6 heteroatoms. The number of nitrogens with one attached hydrogen (secondary N) is 1. The maximum absolute atomic E-state index is 12.0. The number of carbonyl (C=O) groups is 1. The zero-order valence-corrected chi connectivity index (χ0v) is 13.8. The second-order valence-corrected chi connectivity index (χ2v) is 6.01. The van der Waals surface area contributed by atoms with Crippen molar-refractivity contribution in [2.24, 2.45) is 0 Å². The monoisotopic (exact) mass is 314 g/mol. The number of benzene rings is 1. The molecule has 0 saturated carbocycles. The average Bonchev–Trinajstić information content (AvgIpc) is 3.13. The fourth-order valence-corrected chi connectivity index (χ4v) is 2.86. The molecular formula is C17H22N4O2. The highest BCUT2D eigenvalue weighted by atomic mass is 16.5. The van der Waals surface area contributed by atoms with E-state index in [1.54, 1.807) is 0 Å². The third-order valence-electron chi connectivity index (χ3n) is 4.35. The van der Waals surface area contributed by atoms with E-state index in [2.05, 4.69) is 26.1 Å². The Bertz CT molecular complexity index is 736. The van der Waals surface area contributed by atoms with E-state index in [1.165, 1.54) is 0 Å². The molecule has 1 aromatic heterocycles. The Morgan fingerprint density at radius 1 is 1.26 bits per heavy atom. The van der Waals surface area contributed by atoms with Gasteiger partial charge in [-0.25, -0.2) is 0 Å². The second kappa shape index (κ2) is 6.40. The highest BCUT2D eigenvalue weighted by Gasteiger charge is 2.17. The van der Waals surface area contributed by atoms with Crippen LogP contribution < -0.4 is 10.1 Å². The van der Waals surface area contributed by atoms with Crippen molar-refractivity contribution in [3.63, 3.8) is 0 Å². The Labute approximate surface area is 135 Å². The van der Waals surface area contributed by atoms with Gasteiger partial charge in [-0.1, -0.05) is 12.1 Å². The molecular weight excluding hydrogens is 292 g/mol. The van der Waals surface area contributed by atoms with Gasteiger partial charge in [0, 0.05) is 13.0 Å². The summed E-state index contributed by atoms with van der Waals surface area (Å²) in [5.41, 5.74) is 3.27. The number of carbonyl (C=O) groups excluding carboxylic acids is 1. The molecule has 0 aliphatic carbocycles. The maximum Gasteiger partial charge on any atom is 0.258 e. The highest BCUT2D eigenvalue weighted by molar-refractivity contribution is 5.77. The molecule has 3 rings (SSSR count). The van der Waals surface area contributed by atoms with Crippen molar-refractivity contribution < 1.29 is 9.53 Å². The first-order valence-corrected chi connectivity index (χ1v) is 7.93. The van der Waals surface area contributed by atoms with E-state index < -0.39 is 0 Å². The minimum absolute atomic E-state index is 0.00608. The number of rotatable bonds is 5. The predicted molar refractivity (Wildman–Crippen MR) is 86.3 cm³/mol. The molecule has 1 aromatic carbocycles. The van der Waals surface area contributed by atoms with Crippen LogP contribution >= 0.6 is 0 Å². The van der Waals surface area contributed by atoms with Crippen molar-refractivity contribution in [2.75, 3.05) is 6.61 Å². The van der Waals surface area contributed by atoms with E-state index in [4.69, 9.17) is 4.74 Å². The lowest BCUT2D eigenvalue weighted by atomic mass is 10.1. The fourth-order valence-electron chi connectivity index (χ4n) is 2.86. The highest BCUT2D eigenvalue weighted by Crippen LogP contribution is 2.25. The van der Waals surface area contributed by atoms with E-state index >= 15 is 0 Å². The molecule has 23 heavy (non-hydrogen) atoms. The smallest absolute Gasteiger partial charge is 0.258 e. The topological polar surface area (TPSA) is 69.0 Å². The van der Waals surface area contributed by atoms with Gasteiger partial charge in [0.1, 0.15) is 11.6 Å². The third kappa shape index (κ3) is 3.21. The van der Waals surface area contributed by atoms with Crippen molar-refractivity contribution in [2.45, 2.75) is 46.7 Å². The normalized spacial score (nSPS) is 13.0. The van der Waals surface area contributed by atoms with Gasteiger partial charge in [0.25, 0.3) is 5.91 Å². The van der Waals surface area contributed by atoms with Crippen LogP contribution in [-0.2, 0) is 24.3 Å². The van der Waals surface area contributed by atoms with Crippen LogP contribution in [0.2, 0.25) is 0 Å². The molecule has 1 amide bonds.